The molecule has 2 amide bonds. The number of alkyl halides is 3. The van der Waals surface area contributed by atoms with E-state index in [0.29, 0.717) is 42.0 Å². The molecule has 0 saturated carbocycles. The third-order valence-electron chi connectivity index (χ3n) is 5.51. The molecule has 1 N–H and O–H groups in total. The molecule has 4 rings (SSSR count). The Morgan fingerprint density at radius 3 is 2.53 bits per heavy atom. The van der Waals surface area contributed by atoms with Crippen LogP contribution >= 0.6 is 0 Å². The zero-order valence-corrected chi connectivity index (χ0v) is 18.1. The summed E-state index contributed by atoms with van der Waals surface area (Å²) in [6, 6.07) is 9.55. The monoisotopic (exact) mass is 472 g/mol. The first-order valence-corrected chi connectivity index (χ1v) is 10.5. The molecule has 3 heterocycles. The number of nitrogens with zero attached hydrogens (tertiary/aromatic N) is 3. The molecular formula is C24H20F4N4O2. The van der Waals surface area contributed by atoms with Gasteiger partial charge >= 0.3 is 6.18 Å². The quantitative estimate of drug-likeness (QED) is 0.558. The summed E-state index contributed by atoms with van der Waals surface area (Å²) in [5, 5.41) is 2.80. The summed E-state index contributed by atoms with van der Waals surface area (Å²) < 4.78 is 52.2. The second-order valence-electron chi connectivity index (χ2n) is 7.89. The second kappa shape index (κ2) is 9.20. The number of carbonyl (C=O) groups is 2. The number of pyridine rings is 2. The number of benzene rings is 1. The fourth-order valence-corrected chi connectivity index (χ4v) is 3.74. The standard InChI is InChI=1S/C24H20F4N4O2/c1-14(30-22(33)15-4-6-17(25)7-5-15)18-8-9-21-19(31-18)3-2-12-32(21)23(34)20-13-16(10-11-29-20)24(26,27)28/h4-11,13-14H,2-3,12H2,1H3,(H,30,33). The molecule has 1 aliphatic heterocycles. The van der Waals surface area contributed by atoms with E-state index in [4.69, 9.17) is 0 Å². The normalized spacial score (nSPS) is 14.3. The molecule has 0 radical (unpaired) electrons. The van der Waals surface area contributed by atoms with Gasteiger partial charge in [-0.2, -0.15) is 13.2 Å². The number of amides is 2. The van der Waals surface area contributed by atoms with Crippen molar-refractivity contribution < 1.29 is 27.2 Å². The van der Waals surface area contributed by atoms with E-state index in [0.717, 1.165) is 18.3 Å². The molecule has 2 aromatic heterocycles. The van der Waals surface area contributed by atoms with Crippen molar-refractivity contribution in [3.63, 3.8) is 0 Å². The first kappa shape index (κ1) is 23.3. The molecule has 0 bridgehead atoms. The van der Waals surface area contributed by atoms with Crippen LogP contribution in [-0.2, 0) is 12.6 Å². The van der Waals surface area contributed by atoms with Crippen LogP contribution in [0.25, 0.3) is 0 Å². The molecule has 1 aliphatic rings. The van der Waals surface area contributed by atoms with Gasteiger partial charge in [0.05, 0.1) is 28.7 Å². The van der Waals surface area contributed by atoms with Crippen molar-refractivity contribution >= 4 is 17.5 Å². The summed E-state index contributed by atoms with van der Waals surface area (Å²) in [4.78, 5) is 35.2. The Bertz CT molecular complexity index is 1230. The molecule has 0 saturated heterocycles. The van der Waals surface area contributed by atoms with Gasteiger partial charge in [0, 0.05) is 18.3 Å². The highest BCUT2D eigenvalue weighted by atomic mass is 19.4. The molecular weight excluding hydrogens is 452 g/mol. The number of aromatic nitrogens is 2. The third-order valence-corrected chi connectivity index (χ3v) is 5.51. The Hall–Kier alpha value is -3.82. The molecule has 176 valence electrons. The molecule has 0 aliphatic carbocycles. The van der Waals surface area contributed by atoms with Gasteiger partial charge < -0.3 is 10.2 Å². The van der Waals surface area contributed by atoms with Gasteiger partial charge in [-0.25, -0.2) is 4.39 Å². The fraction of sp³-hybridized carbons (Fsp3) is 0.250. The molecule has 1 atom stereocenters. The second-order valence-corrected chi connectivity index (χ2v) is 7.89. The summed E-state index contributed by atoms with van der Waals surface area (Å²) >= 11 is 0. The van der Waals surface area contributed by atoms with Crippen molar-refractivity contribution in [1.29, 1.82) is 0 Å². The maximum atomic E-state index is 13.1. The van der Waals surface area contributed by atoms with Gasteiger partial charge in [0.15, 0.2) is 0 Å². The van der Waals surface area contributed by atoms with Gasteiger partial charge in [-0.3, -0.25) is 19.6 Å². The Morgan fingerprint density at radius 1 is 1.09 bits per heavy atom. The predicted octanol–water partition coefficient (Wildman–Crippen LogP) is 4.72. The Kier molecular flexibility index (Phi) is 6.32. The first-order chi connectivity index (χ1) is 16.1. The lowest BCUT2D eigenvalue weighted by molar-refractivity contribution is -0.137. The summed E-state index contributed by atoms with van der Waals surface area (Å²) in [6.45, 7) is 2.07. The first-order valence-electron chi connectivity index (χ1n) is 10.5. The van der Waals surface area contributed by atoms with Crippen LogP contribution in [0.1, 0.15) is 57.2 Å². The Labute approximate surface area is 192 Å². The van der Waals surface area contributed by atoms with E-state index in [1.54, 1.807) is 19.1 Å². The molecule has 0 spiro atoms. The lowest BCUT2D eigenvalue weighted by Gasteiger charge is -2.29. The Balaban J connectivity index is 1.54. The number of rotatable bonds is 4. The van der Waals surface area contributed by atoms with Crippen molar-refractivity contribution in [2.45, 2.75) is 32.0 Å². The van der Waals surface area contributed by atoms with Crippen molar-refractivity contribution in [1.82, 2.24) is 15.3 Å². The number of hydrogen-bond acceptors (Lipinski definition) is 4. The number of fused-ring (bicyclic) bond motifs is 1. The molecule has 6 nitrogen and oxygen atoms in total. The molecule has 0 fully saturated rings. The largest absolute Gasteiger partial charge is 0.416 e. The van der Waals surface area contributed by atoms with Crippen molar-refractivity contribution in [2.75, 3.05) is 11.4 Å². The maximum absolute atomic E-state index is 13.1. The molecule has 1 aromatic carbocycles. The summed E-state index contributed by atoms with van der Waals surface area (Å²) in [5.41, 5.74) is 0.717. The van der Waals surface area contributed by atoms with Crippen molar-refractivity contribution in [3.8, 4) is 0 Å². The highest BCUT2D eigenvalue weighted by Gasteiger charge is 2.33. The van der Waals surface area contributed by atoms with Crippen LogP contribution in [0.15, 0.2) is 54.7 Å². The van der Waals surface area contributed by atoms with Gasteiger partial charge in [-0.1, -0.05) is 0 Å². The highest BCUT2D eigenvalue weighted by molar-refractivity contribution is 6.05. The smallest absolute Gasteiger partial charge is 0.344 e. The van der Waals surface area contributed by atoms with E-state index in [9.17, 15) is 27.2 Å². The summed E-state index contributed by atoms with van der Waals surface area (Å²) in [6.07, 6.45) is -2.47. The van der Waals surface area contributed by atoms with Crippen molar-refractivity contribution in [2.24, 2.45) is 0 Å². The zero-order chi connectivity index (χ0) is 24.5. The van der Waals surface area contributed by atoms with E-state index in [1.807, 2.05) is 0 Å². The van der Waals surface area contributed by atoms with Gasteiger partial charge in [0.2, 0.25) is 0 Å². The third kappa shape index (κ3) is 4.90. The number of hydrogen-bond donors (Lipinski definition) is 1. The van der Waals surface area contributed by atoms with E-state index in [1.165, 1.54) is 29.2 Å². The molecule has 10 heteroatoms. The molecule has 3 aromatic rings. The van der Waals surface area contributed by atoms with Crippen LogP contribution in [0.4, 0.5) is 23.2 Å². The average Bonchev–Trinajstić information content (AvgIpc) is 2.82. The minimum atomic E-state index is -4.58. The lowest BCUT2D eigenvalue weighted by atomic mass is 10.0. The minimum absolute atomic E-state index is 0.299. The predicted molar refractivity (Wildman–Crippen MR) is 116 cm³/mol. The van der Waals surface area contributed by atoms with E-state index >= 15 is 0 Å². The maximum Gasteiger partial charge on any atom is 0.416 e. The van der Waals surface area contributed by atoms with Crippen LogP contribution in [0.3, 0.4) is 0 Å². The van der Waals surface area contributed by atoms with Crippen molar-refractivity contribution in [3.05, 3.63) is 88.8 Å². The van der Waals surface area contributed by atoms with Gasteiger partial charge in [-0.15, -0.1) is 0 Å². The van der Waals surface area contributed by atoms with E-state index in [-0.39, 0.29) is 11.6 Å². The number of nitrogens with one attached hydrogen (secondary N) is 1. The van der Waals surface area contributed by atoms with E-state index in [2.05, 4.69) is 15.3 Å². The Morgan fingerprint density at radius 2 is 1.82 bits per heavy atom. The number of halogens is 4. The van der Waals surface area contributed by atoms with E-state index < -0.39 is 29.5 Å². The summed E-state index contributed by atoms with van der Waals surface area (Å²) in [5.74, 6) is -1.47. The SMILES string of the molecule is CC(NC(=O)c1ccc(F)cc1)c1ccc2c(n1)CCCN2C(=O)c1cc(C(F)(F)F)ccn1. The molecule has 34 heavy (non-hydrogen) atoms. The molecule has 1 unspecified atom stereocenters. The van der Waals surface area contributed by atoms with Gasteiger partial charge in [0.25, 0.3) is 11.8 Å². The van der Waals surface area contributed by atoms with Gasteiger partial charge in [0.1, 0.15) is 11.5 Å². The average molecular weight is 472 g/mol. The van der Waals surface area contributed by atoms with Crippen LogP contribution < -0.4 is 10.2 Å². The number of anilines is 1. The van der Waals surface area contributed by atoms with Crippen LogP contribution in [0.5, 0.6) is 0 Å². The van der Waals surface area contributed by atoms with Crippen LogP contribution in [0.2, 0.25) is 0 Å². The number of aryl methyl sites for hydroxylation is 1. The van der Waals surface area contributed by atoms with Gasteiger partial charge in [-0.05, 0) is 68.3 Å². The number of carbonyl (C=O) groups excluding carboxylic acids is 2. The minimum Gasteiger partial charge on any atom is -0.344 e. The topological polar surface area (TPSA) is 75.2 Å². The van der Waals surface area contributed by atoms with Crippen LogP contribution in [-0.4, -0.2) is 28.3 Å². The highest BCUT2D eigenvalue weighted by Crippen LogP contribution is 2.31. The lowest BCUT2D eigenvalue weighted by Crippen LogP contribution is -2.37. The van der Waals surface area contributed by atoms with Crippen LogP contribution in [0, 0.1) is 5.82 Å². The zero-order valence-electron chi connectivity index (χ0n) is 18.1. The summed E-state index contributed by atoms with van der Waals surface area (Å²) in [7, 11) is 0. The fourth-order valence-electron chi connectivity index (χ4n) is 3.74.